The molecule has 0 atom stereocenters. The molecule has 4 rings (SSSR count). The normalized spacial score (nSPS) is 10.6. The molecular weight excluding hydrogens is 364 g/mol. The molecule has 1 amide bonds. The van der Waals surface area contributed by atoms with Crippen LogP contribution >= 0.6 is 11.3 Å². The van der Waals surface area contributed by atoms with E-state index < -0.39 is 0 Å². The molecule has 0 aromatic carbocycles. The van der Waals surface area contributed by atoms with Gasteiger partial charge in [0.1, 0.15) is 23.5 Å². The highest BCUT2D eigenvalue weighted by atomic mass is 32.1. The topological polar surface area (TPSA) is 94.8 Å². The first-order valence-electron chi connectivity index (χ1n) is 7.96. The summed E-state index contributed by atoms with van der Waals surface area (Å²) >= 11 is 1.32. The molecule has 4 aromatic heterocycles. The highest BCUT2D eigenvalue weighted by molar-refractivity contribution is 7.14. The molecule has 0 aliphatic rings. The minimum Gasteiger partial charge on any atom is -0.481 e. The van der Waals surface area contributed by atoms with E-state index >= 15 is 0 Å². The van der Waals surface area contributed by atoms with Gasteiger partial charge in [0.25, 0.3) is 5.91 Å². The van der Waals surface area contributed by atoms with E-state index in [0.717, 1.165) is 0 Å². The number of thiazole rings is 1. The van der Waals surface area contributed by atoms with Crippen molar-refractivity contribution >= 4 is 22.4 Å². The Labute approximate surface area is 158 Å². The second-order valence-electron chi connectivity index (χ2n) is 5.39. The fourth-order valence-corrected chi connectivity index (χ4v) is 3.12. The molecule has 0 fully saturated rings. The third kappa shape index (κ3) is 3.53. The molecule has 8 nitrogen and oxygen atoms in total. The van der Waals surface area contributed by atoms with Gasteiger partial charge in [-0.1, -0.05) is 12.1 Å². The maximum Gasteiger partial charge on any atom is 0.276 e. The molecule has 1 N–H and O–H groups in total. The fraction of sp³-hybridized carbons (Fsp3) is 0.0556. The van der Waals surface area contributed by atoms with Gasteiger partial charge in [-0.25, -0.2) is 19.9 Å². The largest absolute Gasteiger partial charge is 0.481 e. The van der Waals surface area contributed by atoms with Crippen molar-refractivity contribution in [2.45, 2.75) is 0 Å². The van der Waals surface area contributed by atoms with Gasteiger partial charge in [0.05, 0.1) is 19.0 Å². The fourth-order valence-electron chi connectivity index (χ4n) is 2.42. The van der Waals surface area contributed by atoms with E-state index in [0.29, 0.717) is 33.9 Å². The third-order valence-corrected chi connectivity index (χ3v) is 4.44. The zero-order valence-electron chi connectivity index (χ0n) is 14.2. The molecule has 134 valence electrons. The summed E-state index contributed by atoms with van der Waals surface area (Å²) in [6.07, 6.45) is 4.69. The molecular formula is C18H14N6O2S. The number of methoxy groups -OCH3 is 1. The Morgan fingerprint density at radius 3 is 2.89 bits per heavy atom. The van der Waals surface area contributed by atoms with Crippen molar-refractivity contribution in [3.8, 4) is 23.1 Å². The van der Waals surface area contributed by atoms with Crippen LogP contribution in [-0.4, -0.2) is 37.5 Å². The lowest BCUT2D eigenvalue weighted by atomic mass is 10.3. The maximum atomic E-state index is 12.6. The molecule has 0 saturated carbocycles. The summed E-state index contributed by atoms with van der Waals surface area (Å²) < 4.78 is 6.75. The van der Waals surface area contributed by atoms with Crippen molar-refractivity contribution in [1.82, 2.24) is 24.5 Å². The number of carbonyl (C=O) groups is 1. The van der Waals surface area contributed by atoms with Crippen molar-refractivity contribution in [1.29, 1.82) is 0 Å². The van der Waals surface area contributed by atoms with Crippen molar-refractivity contribution in [3.05, 3.63) is 66.2 Å². The summed E-state index contributed by atoms with van der Waals surface area (Å²) in [6, 6.07) is 10.9. The van der Waals surface area contributed by atoms with Crippen LogP contribution in [0.25, 0.3) is 17.2 Å². The summed E-state index contributed by atoms with van der Waals surface area (Å²) in [5.74, 6) is 0.795. The first kappa shape index (κ1) is 16.9. The quantitative estimate of drug-likeness (QED) is 0.574. The highest BCUT2D eigenvalue weighted by Gasteiger charge is 2.16. The van der Waals surface area contributed by atoms with Crippen LogP contribution in [0.3, 0.4) is 0 Å². The highest BCUT2D eigenvalue weighted by Crippen LogP contribution is 2.25. The Kier molecular flexibility index (Phi) is 4.58. The number of amides is 1. The van der Waals surface area contributed by atoms with Crippen LogP contribution in [-0.2, 0) is 0 Å². The Morgan fingerprint density at radius 1 is 1.15 bits per heavy atom. The van der Waals surface area contributed by atoms with E-state index in [9.17, 15) is 4.79 Å². The summed E-state index contributed by atoms with van der Waals surface area (Å²) in [5, 5.41) is 5.09. The summed E-state index contributed by atoms with van der Waals surface area (Å²) in [6.45, 7) is 0. The maximum absolute atomic E-state index is 12.6. The lowest BCUT2D eigenvalue weighted by Gasteiger charge is -2.06. The molecule has 0 spiro atoms. The third-order valence-electron chi connectivity index (χ3n) is 3.69. The second kappa shape index (κ2) is 7.34. The molecule has 4 aromatic rings. The Hall–Kier alpha value is -3.59. The first-order chi connectivity index (χ1) is 13.2. The van der Waals surface area contributed by atoms with Crippen LogP contribution in [0.5, 0.6) is 5.88 Å². The monoisotopic (exact) mass is 378 g/mol. The average molecular weight is 378 g/mol. The number of hydrogen-bond donors (Lipinski definition) is 1. The molecule has 0 aliphatic carbocycles. The van der Waals surface area contributed by atoms with Crippen LogP contribution in [0.15, 0.2) is 60.5 Å². The predicted octanol–water partition coefficient (Wildman–Crippen LogP) is 3.05. The van der Waals surface area contributed by atoms with E-state index in [2.05, 4.69) is 25.3 Å². The Morgan fingerprint density at radius 2 is 2.07 bits per heavy atom. The van der Waals surface area contributed by atoms with Gasteiger partial charge in [0, 0.05) is 17.6 Å². The van der Waals surface area contributed by atoms with Gasteiger partial charge in [-0.15, -0.1) is 11.3 Å². The van der Waals surface area contributed by atoms with E-state index in [1.807, 2.05) is 29.6 Å². The summed E-state index contributed by atoms with van der Waals surface area (Å²) in [4.78, 5) is 29.7. The van der Waals surface area contributed by atoms with Gasteiger partial charge in [0.2, 0.25) is 5.88 Å². The molecule has 9 heteroatoms. The van der Waals surface area contributed by atoms with Crippen LogP contribution in [0.2, 0.25) is 0 Å². The predicted molar refractivity (Wildman–Crippen MR) is 101 cm³/mol. The molecule has 0 bridgehead atoms. The van der Waals surface area contributed by atoms with E-state index in [4.69, 9.17) is 4.74 Å². The SMILES string of the molecule is COc1cccc(-c2csc(NC(=O)c3cncn3-c3ccccn3)n2)n1. The van der Waals surface area contributed by atoms with Gasteiger partial charge in [0.15, 0.2) is 5.13 Å². The number of carbonyl (C=O) groups excluding carboxylic acids is 1. The molecule has 27 heavy (non-hydrogen) atoms. The Bertz CT molecular complexity index is 1080. The summed E-state index contributed by atoms with van der Waals surface area (Å²) in [7, 11) is 1.56. The average Bonchev–Trinajstić information content (AvgIpc) is 3.38. The zero-order valence-corrected chi connectivity index (χ0v) is 15.1. The molecule has 0 unspecified atom stereocenters. The van der Waals surface area contributed by atoms with Gasteiger partial charge in [-0.05, 0) is 18.2 Å². The zero-order chi connectivity index (χ0) is 18.6. The number of pyridine rings is 2. The lowest BCUT2D eigenvalue weighted by molar-refractivity contribution is 0.102. The number of nitrogens with zero attached hydrogens (tertiary/aromatic N) is 5. The molecule has 0 saturated heterocycles. The number of ether oxygens (including phenoxy) is 1. The number of aromatic nitrogens is 5. The van der Waals surface area contributed by atoms with Gasteiger partial charge < -0.3 is 4.74 Å². The number of nitrogens with one attached hydrogen (secondary N) is 1. The van der Waals surface area contributed by atoms with Gasteiger partial charge in [-0.3, -0.25) is 14.7 Å². The standard InChI is InChI=1S/C18H14N6O2S/c1-26-16-7-4-5-12(21-16)13-10-27-18(22-13)23-17(25)14-9-19-11-24(14)15-6-2-3-8-20-15/h2-11H,1H3,(H,22,23,25). The minimum absolute atomic E-state index is 0.322. The van der Waals surface area contributed by atoms with Crippen molar-refractivity contribution < 1.29 is 9.53 Å². The van der Waals surface area contributed by atoms with Gasteiger partial charge >= 0.3 is 0 Å². The van der Waals surface area contributed by atoms with E-state index in [1.54, 1.807) is 36.3 Å². The van der Waals surface area contributed by atoms with E-state index in [1.165, 1.54) is 17.5 Å². The second-order valence-corrected chi connectivity index (χ2v) is 6.25. The van der Waals surface area contributed by atoms with Crippen LogP contribution in [0.4, 0.5) is 5.13 Å². The van der Waals surface area contributed by atoms with E-state index in [-0.39, 0.29) is 5.91 Å². The van der Waals surface area contributed by atoms with Crippen LogP contribution in [0, 0.1) is 0 Å². The Balaban J connectivity index is 1.55. The van der Waals surface area contributed by atoms with Crippen LogP contribution in [0.1, 0.15) is 10.5 Å². The van der Waals surface area contributed by atoms with Crippen molar-refractivity contribution in [2.75, 3.05) is 12.4 Å². The molecule has 4 heterocycles. The molecule has 0 radical (unpaired) electrons. The minimum atomic E-state index is -0.322. The van der Waals surface area contributed by atoms with Crippen molar-refractivity contribution in [2.24, 2.45) is 0 Å². The van der Waals surface area contributed by atoms with Crippen LogP contribution < -0.4 is 10.1 Å². The lowest BCUT2D eigenvalue weighted by Crippen LogP contribution is -2.16. The smallest absolute Gasteiger partial charge is 0.276 e. The number of hydrogen-bond acceptors (Lipinski definition) is 7. The number of anilines is 1. The van der Waals surface area contributed by atoms with Crippen molar-refractivity contribution in [3.63, 3.8) is 0 Å². The first-order valence-corrected chi connectivity index (χ1v) is 8.84. The number of rotatable bonds is 5. The summed E-state index contributed by atoms with van der Waals surface area (Å²) in [5.41, 5.74) is 1.70. The number of imidazole rings is 1. The molecule has 0 aliphatic heterocycles. The van der Waals surface area contributed by atoms with Gasteiger partial charge in [-0.2, -0.15) is 0 Å².